The fourth-order valence-corrected chi connectivity index (χ4v) is 4.45. The van der Waals surface area contributed by atoms with Crippen molar-refractivity contribution in [2.45, 2.75) is 20.3 Å². The monoisotopic (exact) mass is 485 g/mol. The molecule has 0 bridgehead atoms. The smallest absolute Gasteiger partial charge is 0.270 e. The molecule has 1 amide bonds. The van der Waals surface area contributed by atoms with Crippen molar-refractivity contribution < 1.29 is 9.72 Å². The van der Waals surface area contributed by atoms with Gasteiger partial charge in [0, 0.05) is 50.3 Å². The van der Waals surface area contributed by atoms with E-state index in [0.717, 1.165) is 34.8 Å². The zero-order chi connectivity index (χ0) is 25.2. The van der Waals surface area contributed by atoms with Gasteiger partial charge in [0.05, 0.1) is 22.2 Å². The van der Waals surface area contributed by atoms with Gasteiger partial charge in [0.25, 0.3) is 11.6 Å². The third kappa shape index (κ3) is 4.61. The van der Waals surface area contributed by atoms with Gasteiger partial charge in [-0.1, -0.05) is 38.1 Å². The largest absolute Gasteiger partial charge is 0.352 e. The van der Waals surface area contributed by atoms with Crippen molar-refractivity contribution in [2.75, 3.05) is 31.1 Å². The lowest BCUT2D eigenvalue weighted by atomic mass is 10.1. The molecule has 36 heavy (non-hydrogen) atoms. The minimum Gasteiger partial charge on any atom is -0.352 e. The van der Waals surface area contributed by atoms with Crippen molar-refractivity contribution in [3.63, 3.8) is 0 Å². The summed E-state index contributed by atoms with van der Waals surface area (Å²) in [6.45, 7) is 6.42. The van der Waals surface area contributed by atoms with E-state index >= 15 is 0 Å². The highest BCUT2D eigenvalue weighted by atomic mass is 16.6. The number of amides is 1. The number of rotatable bonds is 6. The van der Waals surface area contributed by atoms with Crippen LogP contribution in [0.3, 0.4) is 0 Å². The van der Waals surface area contributed by atoms with Gasteiger partial charge in [-0.2, -0.15) is 5.10 Å². The molecule has 2 aromatic carbocycles. The van der Waals surface area contributed by atoms with Crippen LogP contribution < -0.4 is 4.90 Å². The highest BCUT2D eigenvalue weighted by Gasteiger charge is 2.26. The number of hydrogen-bond donors (Lipinski definition) is 0. The van der Waals surface area contributed by atoms with Crippen molar-refractivity contribution in [3.8, 4) is 5.69 Å². The van der Waals surface area contributed by atoms with Gasteiger partial charge in [0.1, 0.15) is 11.6 Å². The summed E-state index contributed by atoms with van der Waals surface area (Å²) in [7, 11) is 0. The second kappa shape index (κ2) is 9.73. The van der Waals surface area contributed by atoms with E-state index in [1.54, 1.807) is 23.2 Å². The number of piperazine rings is 1. The van der Waals surface area contributed by atoms with E-state index in [1.807, 2.05) is 35.0 Å². The Kier molecular flexibility index (Phi) is 6.32. The molecule has 0 saturated carbocycles. The van der Waals surface area contributed by atoms with E-state index in [1.165, 1.54) is 12.1 Å². The maximum absolute atomic E-state index is 13.0. The van der Waals surface area contributed by atoms with Gasteiger partial charge < -0.3 is 9.80 Å². The molecule has 0 aliphatic carbocycles. The number of carbonyl (C=O) groups is 1. The number of nitro benzene ring substituents is 1. The van der Waals surface area contributed by atoms with E-state index in [-0.39, 0.29) is 11.6 Å². The van der Waals surface area contributed by atoms with Crippen LogP contribution in [0.5, 0.6) is 0 Å². The third-order valence-corrected chi connectivity index (χ3v) is 6.22. The summed E-state index contributed by atoms with van der Waals surface area (Å²) in [6.07, 6.45) is 2.55. The summed E-state index contributed by atoms with van der Waals surface area (Å²) in [5.74, 6) is 1.77. The molecule has 1 fully saturated rings. The molecule has 10 heteroatoms. The Balaban J connectivity index is 1.42. The average Bonchev–Trinajstić information content (AvgIpc) is 3.32. The Labute approximate surface area is 208 Å². The number of non-ortho nitro benzene ring substituents is 1. The summed E-state index contributed by atoms with van der Waals surface area (Å²) in [6, 6.07) is 15.8. The predicted octanol–water partition coefficient (Wildman–Crippen LogP) is 3.88. The van der Waals surface area contributed by atoms with Gasteiger partial charge in [0.2, 0.25) is 0 Å². The van der Waals surface area contributed by atoms with Crippen LogP contribution in [0, 0.1) is 16.0 Å². The van der Waals surface area contributed by atoms with Crippen molar-refractivity contribution in [1.82, 2.24) is 24.6 Å². The van der Waals surface area contributed by atoms with Gasteiger partial charge >= 0.3 is 0 Å². The van der Waals surface area contributed by atoms with Crippen LogP contribution in [0.15, 0.2) is 60.8 Å². The minimum atomic E-state index is -0.487. The summed E-state index contributed by atoms with van der Waals surface area (Å²) >= 11 is 0. The first-order chi connectivity index (χ1) is 17.4. The lowest BCUT2D eigenvalue weighted by Crippen LogP contribution is -2.49. The first-order valence-electron chi connectivity index (χ1n) is 12.0. The number of hydrogen-bond acceptors (Lipinski definition) is 7. The van der Waals surface area contributed by atoms with Gasteiger partial charge in [-0.15, -0.1) is 0 Å². The van der Waals surface area contributed by atoms with Crippen molar-refractivity contribution >= 4 is 28.4 Å². The summed E-state index contributed by atoms with van der Waals surface area (Å²) < 4.78 is 1.84. The minimum absolute atomic E-state index is 0.0871. The number of fused-ring (bicyclic) bond motifs is 1. The quantitative estimate of drug-likeness (QED) is 0.301. The van der Waals surface area contributed by atoms with Crippen LogP contribution >= 0.6 is 0 Å². The summed E-state index contributed by atoms with van der Waals surface area (Å²) in [4.78, 5) is 37.3. The second-order valence-electron chi connectivity index (χ2n) is 9.28. The fourth-order valence-electron chi connectivity index (χ4n) is 4.45. The summed E-state index contributed by atoms with van der Waals surface area (Å²) in [5, 5.41) is 16.6. The average molecular weight is 486 g/mol. The Hall–Kier alpha value is -4.34. The van der Waals surface area contributed by atoms with E-state index < -0.39 is 4.92 Å². The number of aromatic nitrogens is 4. The maximum Gasteiger partial charge on any atom is 0.270 e. The van der Waals surface area contributed by atoms with Crippen LogP contribution in [0.25, 0.3) is 16.7 Å². The molecule has 2 aromatic heterocycles. The number of nitrogens with zero attached hydrogens (tertiary/aromatic N) is 7. The standard InChI is InChI=1S/C26H27N7O3/c1-18(2)15-23-28-24(22-17-27-32(25(22)29-23)20-8-4-3-5-9-20)30-11-13-31(14-12-30)26(34)19-7-6-10-21(16-19)33(35)36/h3-10,16-18H,11-15H2,1-2H3. The van der Waals surface area contributed by atoms with E-state index in [2.05, 4.69) is 23.8 Å². The Bertz CT molecular complexity index is 1410. The van der Waals surface area contributed by atoms with Gasteiger partial charge in [-0.05, 0) is 24.1 Å². The zero-order valence-electron chi connectivity index (χ0n) is 20.2. The number of anilines is 1. The zero-order valence-corrected chi connectivity index (χ0v) is 20.2. The number of para-hydroxylation sites is 1. The van der Waals surface area contributed by atoms with E-state index in [4.69, 9.17) is 9.97 Å². The Morgan fingerprint density at radius 2 is 1.78 bits per heavy atom. The van der Waals surface area contributed by atoms with Crippen LogP contribution in [0.4, 0.5) is 11.5 Å². The number of benzene rings is 2. The molecule has 0 unspecified atom stereocenters. The summed E-state index contributed by atoms with van der Waals surface area (Å²) in [5.41, 5.74) is 1.93. The van der Waals surface area contributed by atoms with E-state index in [0.29, 0.717) is 37.7 Å². The van der Waals surface area contributed by atoms with E-state index in [9.17, 15) is 14.9 Å². The molecule has 0 spiro atoms. The van der Waals surface area contributed by atoms with Crippen LogP contribution in [-0.2, 0) is 6.42 Å². The lowest BCUT2D eigenvalue weighted by molar-refractivity contribution is -0.384. The molecule has 4 aromatic rings. The van der Waals surface area contributed by atoms with Gasteiger partial charge in [-0.25, -0.2) is 14.6 Å². The molecule has 3 heterocycles. The maximum atomic E-state index is 13.0. The lowest BCUT2D eigenvalue weighted by Gasteiger charge is -2.35. The predicted molar refractivity (Wildman–Crippen MR) is 136 cm³/mol. The molecule has 10 nitrogen and oxygen atoms in total. The Morgan fingerprint density at radius 3 is 2.47 bits per heavy atom. The fraction of sp³-hybridized carbons (Fsp3) is 0.308. The molecular formula is C26H27N7O3. The molecular weight excluding hydrogens is 458 g/mol. The van der Waals surface area contributed by atoms with Crippen molar-refractivity contribution in [2.24, 2.45) is 5.92 Å². The molecule has 5 rings (SSSR count). The molecule has 1 aliphatic rings. The molecule has 1 saturated heterocycles. The van der Waals surface area contributed by atoms with Crippen LogP contribution in [-0.4, -0.2) is 61.7 Å². The molecule has 0 radical (unpaired) electrons. The first kappa shape index (κ1) is 23.4. The Morgan fingerprint density at radius 1 is 1.03 bits per heavy atom. The number of nitro groups is 1. The topological polar surface area (TPSA) is 110 Å². The normalized spacial score (nSPS) is 14.0. The van der Waals surface area contributed by atoms with Crippen molar-refractivity contribution in [1.29, 1.82) is 0 Å². The SMILES string of the molecule is CC(C)Cc1nc(N2CCN(C(=O)c3cccc([N+](=O)[O-])c3)CC2)c2cnn(-c3ccccc3)c2n1. The highest BCUT2D eigenvalue weighted by Crippen LogP contribution is 2.28. The van der Waals surface area contributed by atoms with Gasteiger partial charge in [0.15, 0.2) is 5.65 Å². The molecule has 0 N–H and O–H groups in total. The number of carbonyl (C=O) groups excluding carboxylic acids is 1. The second-order valence-corrected chi connectivity index (χ2v) is 9.28. The first-order valence-corrected chi connectivity index (χ1v) is 12.0. The van der Waals surface area contributed by atoms with Crippen molar-refractivity contribution in [3.05, 3.63) is 82.3 Å². The van der Waals surface area contributed by atoms with Gasteiger partial charge in [-0.3, -0.25) is 14.9 Å². The molecule has 1 aliphatic heterocycles. The van der Waals surface area contributed by atoms with Crippen LogP contribution in [0.1, 0.15) is 30.0 Å². The van der Waals surface area contributed by atoms with Crippen LogP contribution in [0.2, 0.25) is 0 Å². The molecule has 184 valence electrons. The third-order valence-electron chi connectivity index (χ3n) is 6.22. The highest BCUT2D eigenvalue weighted by molar-refractivity contribution is 5.95. The molecule has 0 atom stereocenters.